The predicted octanol–water partition coefficient (Wildman–Crippen LogP) is 2.28. The number of nitrogens with zero attached hydrogens (tertiary/aromatic N) is 1. The molecule has 1 fully saturated rings. The number of halogens is 6. The van der Waals surface area contributed by atoms with Crippen LogP contribution in [0.3, 0.4) is 0 Å². The number of carbonyl (C=O) groups excluding carboxylic acids is 2. The Morgan fingerprint density at radius 1 is 1.19 bits per heavy atom. The monoisotopic (exact) mass is 321 g/mol. The molecule has 1 atom stereocenters. The van der Waals surface area contributed by atoms with Crippen molar-refractivity contribution in [3.63, 3.8) is 0 Å². The molecule has 1 amide bonds. The summed E-state index contributed by atoms with van der Waals surface area (Å²) in [5.74, 6) is -7.28. The van der Waals surface area contributed by atoms with Crippen molar-refractivity contribution in [2.24, 2.45) is 5.92 Å². The standard InChI is InChI=1S/C11H13F6NO3/c1-2-21-9(20)6-4-3-5-18(6)8(19)7(10(12,13)14)11(15,16)17/h6-7H,2-5H2,1H3. The van der Waals surface area contributed by atoms with E-state index in [2.05, 4.69) is 4.74 Å². The largest absolute Gasteiger partial charge is 0.464 e. The van der Waals surface area contributed by atoms with E-state index in [1.165, 1.54) is 6.92 Å². The Labute approximate surface area is 116 Å². The molecule has 0 spiro atoms. The highest BCUT2D eigenvalue weighted by molar-refractivity contribution is 5.87. The average molecular weight is 321 g/mol. The summed E-state index contributed by atoms with van der Waals surface area (Å²) < 4.78 is 79.6. The fourth-order valence-corrected chi connectivity index (χ4v) is 2.15. The molecule has 4 nitrogen and oxygen atoms in total. The van der Waals surface area contributed by atoms with E-state index in [0.717, 1.165) is 0 Å². The van der Waals surface area contributed by atoms with E-state index in [9.17, 15) is 35.9 Å². The summed E-state index contributed by atoms with van der Waals surface area (Å²) in [7, 11) is 0. The zero-order valence-electron chi connectivity index (χ0n) is 10.9. The number of alkyl halides is 6. The van der Waals surface area contributed by atoms with Crippen LogP contribution in [0, 0.1) is 5.92 Å². The van der Waals surface area contributed by atoms with Gasteiger partial charge >= 0.3 is 18.3 Å². The molecule has 1 aliphatic rings. The second-order valence-corrected chi connectivity index (χ2v) is 4.46. The van der Waals surface area contributed by atoms with Gasteiger partial charge in [-0.3, -0.25) is 4.79 Å². The van der Waals surface area contributed by atoms with Gasteiger partial charge in [-0.2, -0.15) is 26.3 Å². The minimum Gasteiger partial charge on any atom is -0.464 e. The number of hydrogen-bond acceptors (Lipinski definition) is 3. The lowest BCUT2D eigenvalue weighted by atomic mass is 10.1. The lowest BCUT2D eigenvalue weighted by Gasteiger charge is -2.29. The Bertz CT molecular complexity index is 392. The Hall–Kier alpha value is -1.48. The molecular formula is C11H13F6NO3. The maximum absolute atomic E-state index is 12.5. The minimum absolute atomic E-state index is 0.0208. The molecule has 1 aliphatic heterocycles. The van der Waals surface area contributed by atoms with Crippen LogP contribution in [-0.2, 0) is 14.3 Å². The summed E-state index contributed by atoms with van der Waals surface area (Å²) in [6.45, 7) is 1.01. The van der Waals surface area contributed by atoms with Gasteiger partial charge in [0.2, 0.25) is 11.8 Å². The summed E-state index contributed by atoms with van der Waals surface area (Å²) in [5.41, 5.74) is 0. The number of carbonyl (C=O) groups is 2. The number of hydrogen-bond donors (Lipinski definition) is 0. The molecule has 0 saturated carbocycles. The van der Waals surface area contributed by atoms with Crippen molar-refractivity contribution in [1.82, 2.24) is 4.90 Å². The maximum Gasteiger partial charge on any atom is 0.409 e. The third-order valence-corrected chi connectivity index (χ3v) is 3.00. The quantitative estimate of drug-likeness (QED) is 0.592. The molecule has 0 bridgehead atoms. The number of amides is 1. The molecule has 21 heavy (non-hydrogen) atoms. The molecule has 0 aliphatic carbocycles. The molecule has 0 radical (unpaired) electrons. The first-order chi connectivity index (χ1) is 9.50. The van der Waals surface area contributed by atoms with Crippen molar-refractivity contribution in [2.75, 3.05) is 13.2 Å². The second-order valence-electron chi connectivity index (χ2n) is 4.46. The van der Waals surface area contributed by atoms with Crippen molar-refractivity contribution < 1.29 is 40.7 Å². The first-order valence-electron chi connectivity index (χ1n) is 6.10. The van der Waals surface area contributed by atoms with E-state index < -0.39 is 36.2 Å². The Morgan fingerprint density at radius 2 is 1.71 bits per heavy atom. The molecule has 1 saturated heterocycles. The van der Waals surface area contributed by atoms with Crippen molar-refractivity contribution in [2.45, 2.75) is 38.2 Å². The molecule has 1 heterocycles. The van der Waals surface area contributed by atoms with E-state index in [1.807, 2.05) is 0 Å². The molecular weight excluding hydrogens is 308 g/mol. The SMILES string of the molecule is CCOC(=O)C1CCCN1C(=O)C(C(F)(F)F)C(F)(F)F. The summed E-state index contributed by atoms with van der Waals surface area (Å²) in [4.78, 5) is 23.4. The van der Waals surface area contributed by atoms with E-state index in [1.54, 1.807) is 0 Å². The van der Waals surface area contributed by atoms with Crippen LogP contribution in [0.4, 0.5) is 26.3 Å². The molecule has 10 heteroatoms. The van der Waals surface area contributed by atoms with Gasteiger partial charge in [-0.25, -0.2) is 4.79 Å². The molecule has 1 rings (SSSR count). The van der Waals surface area contributed by atoms with E-state index in [0.29, 0.717) is 4.90 Å². The summed E-state index contributed by atoms with van der Waals surface area (Å²) in [6, 6.07) is -1.40. The van der Waals surface area contributed by atoms with Crippen molar-refractivity contribution in [1.29, 1.82) is 0 Å². The fourth-order valence-electron chi connectivity index (χ4n) is 2.15. The minimum atomic E-state index is -5.77. The smallest absolute Gasteiger partial charge is 0.409 e. The number of esters is 1. The van der Waals surface area contributed by atoms with Crippen LogP contribution >= 0.6 is 0 Å². The van der Waals surface area contributed by atoms with Crippen molar-refractivity contribution >= 4 is 11.9 Å². The predicted molar refractivity (Wildman–Crippen MR) is 57.0 cm³/mol. The lowest BCUT2D eigenvalue weighted by molar-refractivity contribution is -0.278. The van der Waals surface area contributed by atoms with Crippen molar-refractivity contribution in [3.05, 3.63) is 0 Å². The van der Waals surface area contributed by atoms with Crippen LogP contribution in [0.25, 0.3) is 0 Å². The zero-order valence-corrected chi connectivity index (χ0v) is 10.9. The van der Waals surface area contributed by atoms with Crippen LogP contribution in [0.2, 0.25) is 0 Å². The number of likely N-dealkylation sites (tertiary alicyclic amines) is 1. The van der Waals surface area contributed by atoms with Gasteiger partial charge in [0.25, 0.3) is 0 Å². The van der Waals surface area contributed by atoms with Crippen LogP contribution < -0.4 is 0 Å². The molecule has 122 valence electrons. The second kappa shape index (κ2) is 6.10. The van der Waals surface area contributed by atoms with Gasteiger partial charge in [0.15, 0.2) is 0 Å². The van der Waals surface area contributed by atoms with Gasteiger partial charge in [-0.05, 0) is 19.8 Å². The third-order valence-electron chi connectivity index (χ3n) is 3.00. The van der Waals surface area contributed by atoms with Crippen LogP contribution in [0.5, 0.6) is 0 Å². The first kappa shape index (κ1) is 17.6. The van der Waals surface area contributed by atoms with Gasteiger partial charge in [-0.15, -0.1) is 0 Å². The van der Waals surface area contributed by atoms with Crippen LogP contribution in [0.1, 0.15) is 19.8 Å². The number of rotatable bonds is 3. The zero-order chi connectivity index (χ0) is 16.4. The molecule has 1 unspecified atom stereocenters. The van der Waals surface area contributed by atoms with Gasteiger partial charge in [0.1, 0.15) is 6.04 Å². The Kier molecular flexibility index (Phi) is 5.11. The summed E-state index contributed by atoms with van der Waals surface area (Å²) in [5, 5.41) is 0. The van der Waals surface area contributed by atoms with Gasteiger partial charge in [0, 0.05) is 6.54 Å². The molecule has 0 N–H and O–H groups in total. The highest BCUT2D eigenvalue weighted by atomic mass is 19.4. The number of ether oxygens (including phenoxy) is 1. The van der Waals surface area contributed by atoms with E-state index in [4.69, 9.17) is 0 Å². The lowest BCUT2D eigenvalue weighted by Crippen LogP contribution is -2.52. The normalized spacial score (nSPS) is 20.0. The average Bonchev–Trinajstić information content (AvgIpc) is 2.73. The van der Waals surface area contributed by atoms with E-state index >= 15 is 0 Å². The van der Waals surface area contributed by atoms with E-state index in [-0.39, 0.29) is 26.0 Å². The van der Waals surface area contributed by atoms with Crippen LogP contribution in [-0.4, -0.2) is 48.3 Å². The van der Waals surface area contributed by atoms with Crippen molar-refractivity contribution in [3.8, 4) is 0 Å². The Morgan fingerprint density at radius 3 is 2.14 bits per heavy atom. The van der Waals surface area contributed by atoms with Gasteiger partial charge in [-0.1, -0.05) is 0 Å². The topological polar surface area (TPSA) is 46.6 Å². The molecule has 0 aromatic carbocycles. The van der Waals surface area contributed by atoms with Gasteiger partial charge < -0.3 is 9.64 Å². The highest BCUT2D eigenvalue weighted by Gasteiger charge is 2.63. The fraction of sp³-hybridized carbons (Fsp3) is 0.818. The summed E-state index contributed by atoms with van der Waals surface area (Å²) in [6.07, 6.45) is -11.4. The Balaban J connectivity index is 3.01. The molecule has 0 aromatic heterocycles. The third kappa shape index (κ3) is 4.01. The highest BCUT2D eigenvalue weighted by Crippen LogP contribution is 2.41. The van der Waals surface area contributed by atoms with Gasteiger partial charge in [0.05, 0.1) is 6.61 Å². The molecule has 0 aromatic rings. The maximum atomic E-state index is 12.5. The first-order valence-corrected chi connectivity index (χ1v) is 6.10. The summed E-state index contributed by atoms with van der Waals surface area (Å²) >= 11 is 0. The van der Waals surface area contributed by atoms with Crippen LogP contribution in [0.15, 0.2) is 0 Å².